The smallest absolute Gasteiger partial charge is 0.226 e. The largest absolute Gasteiger partial charge is 0.497 e. The molecule has 0 aliphatic heterocycles. The van der Waals surface area contributed by atoms with Crippen molar-refractivity contribution in [3.63, 3.8) is 0 Å². The van der Waals surface area contributed by atoms with E-state index in [1.165, 1.54) is 0 Å². The zero-order valence-corrected chi connectivity index (χ0v) is 11.5. The fourth-order valence-corrected chi connectivity index (χ4v) is 1.68. The number of carbonyl (C=O) groups excluding carboxylic acids is 1. The van der Waals surface area contributed by atoms with Crippen LogP contribution in [-0.2, 0) is 13.0 Å². The van der Waals surface area contributed by atoms with Gasteiger partial charge >= 0.3 is 0 Å². The monoisotopic (exact) mass is 276 g/mol. The minimum atomic E-state index is 0.153. The third-order valence-electron chi connectivity index (χ3n) is 2.67. The van der Waals surface area contributed by atoms with Crippen molar-refractivity contribution in [3.8, 4) is 11.5 Å². The van der Waals surface area contributed by atoms with Crippen LogP contribution < -0.4 is 9.47 Å². The number of methoxy groups -OCH3 is 1. The molecule has 2 rings (SSSR count). The first-order valence-electron chi connectivity index (χ1n) is 6.34. The second-order valence-electron chi connectivity index (χ2n) is 4.16. The Bertz CT molecular complexity index is 580. The number of hydrogen-bond acceptors (Lipinski definition) is 6. The third-order valence-corrected chi connectivity index (χ3v) is 2.67. The number of carbonyl (C=O) groups is 1. The van der Waals surface area contributed by atoms with Gasteiger partial charge in [-0.1, -0.05) is 12.1 Å². The Morgan fingerprint density at radius 1 is 1.40 bits per heavy atom. The van der Waals surface area contributed by atoms with Crippen molar-refractivity contribution in [1.82, 2.24) is 10.1 Å². The highest BCUT2D eigenvalue weighted by Gasteiger charge is 2.09. The molecule has 6 nitrogen and oxygen atoms in total. The van der Waals surface area contributed by atoms with Crippen LogP contribution in [0.2, 0.25) is 0 Å². The summed E-state index contributed by atoms with van der Waals surface area (Å²) < 4.78 is 15.6. The predicted octanol–water partition coefficient (Wildman–Crippen LogP) is 2.42. The third kappa shape index (κ3) is 3.34. The first-order chi connectivity index (χ1) is 9.76. The highest BCUT2D eigenvalue weighted by Crippen LogP contribution is 2.23. The molecule has 0 fully saturated rings. The van der Waals surface area contributed by atoms with Gasteiger partial charge in [-0.3, -0.25) is 4.79 Å². The Balaban J connectivity index is 2.04. The van der Waals surface area contributed by atoms with Crippen LogP contribution in [0.3, 0.4) is 0 Å². The molecule has 1 heterocycles. The van der Waals surface area contributed by atoms with Gasteiger partial charge in [-0.2, -0.15) is 4.98 Å². The van der Waals surface area contributed by atoms with Gasteiger partial charge in [0.25, 0.3) is 0 Å². The Morgan fingerprint density at radius 3 is 2.95 bits per heavy atom. The zero-order chi connectivity index (χ0) is 14.4. The standard InChI is InChI=1S/C14H16N2O4/c1-3-4-14-15-13(16-20-14)9-19-12-6-5-11(18-2)7-10(12)8-17/h5-8H,3-4,9H2,1-2H3. The highest BCUT2D eigenvalue weighted by atomic mass is 16.5. The van der Waals surface area contributed by atoms with Gasteiger partial charge in [0.05, 0.1) is 12.7 Å². The molecule has 0 spiro atoms. The summed E-state index contributed by atoms with van der Waals surface area (Å²) >= 11 is 0. The fourth-order valence-electron chi connectivity index (χ4n) is 1.68. The SMILES string of the molecule is CCCc1nc(COc2ccc(OC)cc2C=O)no1. The van der Waals surface area contributed by atoms with Crippen molar-refractivity contribution in [2.75, 3.05) is 7.11 Å². The molecule has 0 radical (unpaired) electrons. The molecule has 0 bridgehead atoms. The Hall–Kier alpha value is -2.37. The lowest BCUT2D eigenvalue weighted by Gasteiger charge is -2.07. The molecule has 0 unspecified atom stereocenters. The summed E-state index contributed by atoms with van der Waals surface area (Å²) in [5.41, 5.74) is 0.418. The summed E-state index contributed by atoms with van der Waals surface area (Å²) in [5, 5.41) is 3.81. The summed E-state index contributed by atoms with van der Waals surface area (Å²) in [6.07, 6.45) is 2.40. The van der Waals surface area contributed by atoms with Crippen molar-refractivity contribution < 1.29 is 18.8 Å². The van der Waals surface area contributed by atoms with Gasteiger partial charge in [0.1, 0.15) is 11.5 Å². The van der Waals surface area contributed by atoms with Crippen molar-refractivity contribution in [3.05, 3.63) is 35.5 Å². The van der Waals surface area contributed by atoms with E-state index in [4.69, 9.17) is 14.0 Å². The number of nitrogens with zero attached hydrogens (tertiary/aromatic N) is 2. The van der Waals surface area contributed by atoms with E-state index in [0.717, 1.165) is 19.1 Å². The van der Waals surface area contributed by atoms with Gasteiger partial charge in [0.15, 0.2) is 12.9 Å². The molecule has 0 saturated carbocycles. The lowest BCUT2D eigenvalue weighted by atomic mass is 10.2. The Morgan fingerprint density at radius 2 is 2.25 bits per heavy atom. The minimum Gasteiger partial charge on any atom is -0.497 e. The van der Waals surface area contributed by atoms with E-state index in [9.17, 15) is 4.79 Å². The molecule has 6 heteroatoms. The lowest BCUT2D eigenvalue weighted by Crippen LogP contribution is -2.00. The van der Waals surface area contributed by atoms with E-state index in [1.807, 2.05) is 6.92 Å². The maximum atomic E-state index is 11.0. The Kier molecular flexibility index (Phi) is 4.70. The van der Waals surface area contributed by atoms with Crippen LogP contribution in [0.1, 0.15) is 35.4 Å². The molecule has 0 atom stereocenters. The summed E-state index contributed by atoms with van der Waals surface area (Å²) in [7, 11) is 1.54. The van der Waals surface area contributed by atoms with E-state index < -0.39 is 0 Å². The summed E-state index contributed by atoms with van der Waals surface area (Å²) in [6.45, 7) is 2.19. The number of aryl methyl sites for hydroxylation is 1. The van der Waals surface area contributed by atoms with Crippen LogP contribution in [0.5, 0.6) is 11.5 Å². The van der Waals surface area contributed by atoms with E-state index in [0.29, 0.717) is 28.8 Å². The van der Waals surface area contributed by atoms with Gasteiger partial charge in [0.2, 0.25) is 11.7 Å². The van der Waals surface area contributed by atoms with E-state index >= 15 is 0 Å². The van der Waals surface area contributed by atoms with E-state index in [1.54, 1.807) is 25.3 Å². The van der Waals surface area contributed by atoms with Crippen molar-refractivity contribution >= 4 is 6.29 Å². The lowest BCUT2D eigenvalue weighted by molar-refractivity contribution is 0.111. The van der Waals surface area contributed by atoms with Crippen LogP contribution in [0.25, 0.3) is 0 Å². The summed E-state index contributed by atoms with van der Waals surface area (Å²) in [6, 6.07) is 5.01. The average Bonchev–Trinajstić information content (AvgIpc) is 2.93. The van der Waals surface area contributed by atoms with Crippen molar-refractivity contribution in [2.45, 2.75) is 26.4 Å². The number of hydrogen-bond donors (Lipinski definition) is 0. The van der Waals surface area contributed by atoms with Crippen molar-refractivity contribution in [2.24, 2.45) is 0 Å². The van der Waals surface area contributed by atoms with Crippen LogP contribution >= 0.6 is 0 Å². The average molecular weight is 276 g/mol. The quantitative estimate of drug-likeness (QED) is 0.723. The second-order valence-corrected chi connectivity index (χ2v) is 4.16. The molecule has 1 aromatic heterocycles. The molecule has 106 valence electrons. The topological polar surface area (TPSA) is 74.5 Å². The highest BCUT2D eigenvalue weighted by molar-refractivity contribution is 5.80. The molecule has 0 aliphatic rings. The number of aromatic nitrogens is 2. The maximum absolute atomic E-state index is 11.0. The van der Waals surface area contributed by atoms with E-state index in [-0.39, 0.29) is 6.61 Å². The first kappa shape index (κ1) is 14.0. The summed E-state index contributed by atoms with van der Waals surface area (Å²) in [5.74, 6) is 2.12. The van der Waals surface area contributed by atoms with Crippen LogP contribution in [-0.4, -0.2) is 23.5 Å². The molecule has 1 aromatic carbocycles. The maximum Gasteiger partial charge on any atom is 0.226 e. The molecule has 2 aromatic rings. The summed E-state index contributed by atoms with van der Waals surface area (Å²) in [4.78, 5) is 15.2. The predicted molar refractivity (Wildman–Crippen MR) is 71.0 cm³/mol. The van der Waals surface area contributed by atoms with Gasteiger partial charge in [-0.25, -0.2) is 0 Å². The molecular formula is C14H16N2O4. The van der Waals surface area contributed by atoms with Crippen molar-refractivity contribution in [1.29, 1.82) is 0 Å². The number of benzene rings is 1. The molecule has 0 aliphatic carbocycles. The fraction of sp³-hybridized carbons (Fsp3) is 0.357. The van der Waals surface area contributed by atoms with E-state index in [2.05, 4.69) is 10.1 Å². The molecule has 0 amide bonds. The molecular weight excluding hydrogens is 260 g/mol. The van der Waals surface area contributed by atoms with Crippen LogP contribution in [0.4, 0.5) is 0 Å². The zero-order valence-electron chi connectivity index (χ0n) is 11.5. The number of ether oxygens (including phenoxy) is 2. The molecule has 0 N–H and O–H groups in total. The number of aldehydes is 1. The van der Waals surface area contributed by atoms with Gasteiger partial charge in [0, 0.05) is 6.42 Å². The van der Waals surface area contributed by atoms with Gasteiger partial charge in [-0.15, -0.1) is 0 Å². The van der Waals surface area contributed by atoms with Crippen LogP contribution in [0, 0.1) is 0 Å². The van der Waals surface area contributed by atoms with Gasteiger partial charge < -0.3 is 14.0 Å². The Labute approximate surface area is 116 Å². The second kappa shape index (κ2) is 6.70. The molecule has 20 heavy (non-hydrogen) atoms. The molecule has 0 saturated heterocycles. The normalized spacial score (nSPS) is 10.3. The van der Waals surface area contributed by atoms with Gasteiger partial charge in [-0.05, 0) is 24.6 Å². The number of rotatable bonds is 7. The first-order valence-corrected chi connectivity index (χ1v) is 6.34. The van der Waals surface area contributed by atoms with Crippen LogP contribution in [0.15, 0.2) is 22.7 Å². The minimum absolute atomic E-state index is 0.153.